The van der Waals surface area contributed by atoms with Crippen molar-refractivity contribution in [1.82, 2.24) is 0 Å². The molecule has 0 aliphatic rings. The highest BCUT2D eigenvalue weighted by atomic mass is 79.9. The van der Waals surface area contributed by atoms with Gasteiger partial charge >= 0.3 is 11.9 Å². The molecular formula is C10H20Br2O4Si2. The first kappa shape index (κ1) is 18.3. The van der Waals surface area contributed by atoms with Gasteiger partial charge in [-0.25, -0.2) is 0 Å². The maximum Gasteiger partial charge on any atom is 0.319 e. The maximum atomic E-state index is 11.8. The van der Waals surface area contributed by atoms with Gasteiger partial charge in [-0.1, -0.05) is 71.1 Å². The van der Waals surface area contributed by atoms with Crippen LogP contribution in [0.5, 0.6) is 0 Å². The van der Waals surface area contributed by atoms with E-state index in [-0.39, 0.29) is 0 Å². The average Bonchev–Trinajstić information content (AvgIpc) is 2.10. The van der Waals surface area contributed by atoms with Crippen molar-refractivity contribution in [3.05, 3.63) is 0 Å². The largest absolute Gasteiger partial charge is 0.480 e. The van der Waals surface area contributed by atoms with E-state index in [1.54, 1.807) is 0 Å². The molecule has 0 saturated heterocycles. The van der Waals surface area contributed by atoms with E-state index in [1.807, 2.05) is 39.3 Å². The summed E-state index contributed by atoms with van der Waals surface area (Å²) in [6.07, 6.45) is 0. The van der Waals surface area contributed by atoms with Crippen molar-refractivity contribution in [2.24, 2.45) is 0 Å². The number of hydrogen-bond acceptors (Lipinski definition) is 2. The Kier molecular flexibility index (Phi) is 5.12. The summed E-state index contributed by atoms with van der Waals surface area (Å²) in [5.41, 5.74) is 0. The van der Waals surface area contributed by atoms with Crippen molar-refractivity contribution < 1.29 is 19.8 Å². The molecule has 106 valence electrons. The summed E-state index contributed by atoms with van der Waals surface area (Å²) in [7, 11) is -4.72. The summed E-state index contributed by atoms with van der Waals surface area (Å²) in [5, 5.41) is 19.3. The van der Waals surface area contributed by atoms with E-state index < -0.39 is 36.0 Å². The number of hydrogen-bond donors (Lipinski definition) is 2. The van der Waals surface area contributed by atoms with Crippen molar-refractivity contribution in [3.63, 3.8) is 0 Å². The average molecular weight is 420 g/mol. The van der Waals surface area contributed by atoms with Crippen LogP contribution in [0.2, 0.25) is 39.3 Å². The molecule has 0 aromatic heterocycles. The Morgan fingerprint density at radius 3 is 1.00 bits per heavy atom. The second-order valence-electron chi connectivity index (χ2n) is 6.43. The number of carboxylic acids is 2. The number of halogens is 2. The molecule has 18 heavy (non-hydrogen) atoms. The standard InChI is InChI=1S/C10H20Br2O4Si2/c1-17(2,3)9(11,7(13)14)10(12,8(15)16)18(4,5)6/h1-6H3,(H,13,14)(H,15,16). The first-order valence-electron chi connectivity index (χ1n) is 5.48. The van der Waals surface area contributed by atoms with E-state index in [1.165, 1.54) is 0 Å². The third-order valence-corrected chi connectivity index (χ3v) is 19.0. The van der Waals surface area contributed by atoms with Gasteiger partial charge in [0, 0.05) is 0 Å². The van der Waals surface area contributed by atoms with Crippen LogP contribution in [0, 0.1) is 0 Å². The molecule has 0 aliphatic heterocycles. The molecule has 0 fully saturated rings. The SMILES string of the molecule is C[Si](C)(C)C(Br)(C(=O)O)C(Br)(C(=O)O)[Si](C)(C)C. The van der Waals surface area contributed by atoms with Gasteiger partial charge in [0.2, 0.25) is 0 Å². The molecule has 0 aromatic carbocycles. The van der Waals surface area contributed by atoms with Crippen molar-refractivity contribution >= 4 is 59.9 Å². The number of alkyl halides is 2. The third kappa shape index (κ3) is 2.48. The monoisotopic (exact) mass is 418 g/mol. The zero-order chi connectivity index (χ0) is 15.2. The van der Waals surface area contributed by atoms with Crippen LogP contribution in [0.25, 0.3) is 0 Å². The number of rotatable bonds is 5. The first-order chi connectivity index (χ1) is 7.64. The fraction of sp³-hybridized carbons (Fsp3) is 0.800. The van der Waals surface area contributed by atoms with Crippen molar-refractivity contribution in [2.75, 3.05) is 0 Å². The van der Waals surface area contributed by atoms with Crippen LogP contribution in [-0.4, -0.2) is 46.2 Å². The molecule has 0 aromatic rings. The van der Waals surface area contributed by atoms with Gasteiger partial charge in [-0.15, -0.1) is 0 Å². The zero-order valence-corrected chi connectivity index (χ0v) is 16.6. The van der Waals surface area contributed by atoms with Crippen LogP contribution in [0.1, 0.15) is 0 Å². The molecule has 0 bridgehead atoms. The molecule has 0 spiro atoms. The van der Waals surface area contributed by atoms with E-state index in [9.17, 15) is 19.8 Å². The Balaban J connectivity index is 6.37. The lowest BCUT2D eigenvalue weighted by molar-refractivity contribution is -0.144. The Morgan fingerprint density at radius 2 is 0.944 bits per heavy atom. The Labute approximate surface area is 126 Å². The minimum absolute atomic E-state index is 1.11. The quantitative estimate of drug-likeness (QED) is 0.530. The Hall–Kier alpha value is 0.334. The highest BCUT2D eigenvalue weighted by Gasteiger charge is 2.70. The van der Waals surface area contributed by atoms with Crippen molar-refractivity contribution in [3.8, 4) is 0 Å². The van der Waals surface area contributed by atoms with Gasteiger partial charge < -0.3 is 10.2 Å². The van der Waals surface area contributed by atoms with Gasteiger partial charge in [0.25, 0.3) is 0 Å². The molecule has 8 heteroatoms. The Bertz CT molecular complexity index is 339. The smallest absolute Gasteiger partial charge is 0.319 e. The molecular weight excluding hydrogens is 400 g/mol. The summed E-state index contributed by atoms with van der Waals surface area (Å²) in [5.74, 6) is -2.22. The molecule has 2 atom stereocenters. The number of carbonyl (C=O) groups is 2. The summed E-state index contributed by atoms with van der Waals surface area (Å²) in [6.45, 7) is 11.1. The van der Waals surface area contributed by atoms with E-state index in [4.69, 9.17) is 0 Å². The summed E-state index contributed by atoms with van der Waals surface area (Å²) < 4.78 is -2.91. The molecule has 0 amide bonds. The second kappa shape index (κ2) is 5.03. The summed E-state index contributed by atoms with van der Waals surface area (Å²) in [4.78, 5) is 23.6. The molecule has 0 heterocycles. The minimum Gasteiger partial charge on any atom is -0.480 e. The van der Waals surface area contributed by atoms with E-state index in [0.717, 1.165) is 0 Å². The van der Waals surface area contributed by atoms with Gasteiger partial charge in [-0.2, -0.15) is 0 Å². The molecule has 0 aliphatic carbocycles. The lowest BCUT2D eigenvalue weighted by Crippen LogP contribution is -2.75. The lowest BCUT2D eigenvalue weighted by atomic mass is 10.3. The van der Waals surface area contributed by atoms with E-state index in [2.05, 4.69) is 31.9 Å². The van der Waals surface area contributed by atoms with Gasteiger partial charge in [0.1, 0.15) is 7.90 Å². The van der Waals surface area contributed by atoms with E-state index >= 15 is 0 Å². The molecule has 0 rings (SSSR count). The molecule has 0 radical (unpaired) electrons. The number of aliphatic carboxylic acids is 2. The van der Waals surface area contributed by atoms with Gasteiger partial charge in [-0.3, -0.25) is 9.59 Å². The van der Waals surface area contributed by atoms with Gasteiger partial charge in [-0.05, 0) is 0 Å². The predicted molar refractivity (Wildman–Crippen MR) is 85.3 cm³/mol. The zero-order valence-electron chi connectivity index (χ0n) is 11.5. The van der Waals surface area contributed by atoms with Crippen LogP contribution in [-0.2, 0) is 9.59 Å². The Morgan fingerprint density at radius 1 is 0.778 bits per heavy atom. The fourth-order valence-corrected chi connectivity index (χ4v) is 11.7. The predicted octanol–water partition coefficient (Wildman–Crippen LogP) is 3.18. The molecule has 2 unspecified atom stereocenters. The highest BCUT2D eigenvalue weighted by molar-refractivity contribution is 9.14. The first-order valence-corrected chi connectivity index (χ1v) is 14.1. The fourth-order valence-electron chi connectivity index (χ4n) is 1.97. The van der Waals surface area contributed by atoms with Gasteiger partial charge in [0.05, 0.1) is 16.1 Å². The molecule has 0 saturated carbocycles. The van der Waals surface area contributed by atoms with Crippen LogP contribution in [0.15, 0.2) is 0 Å². The van der Waals surface area contributed by atoms with Crippen LogP contribution in [0.3, 0.4) is 0 Å². The normalized spacial score (nSPS) is 19.8. The summed E-state index contributed by atoms with van der Waals surface area (Å²) >= 11 is 6.60. The summed E-state index contributed by atoms with van der Waals surface area (Å²) in [6, 6.07) is 0. The maximum absolute atomic E-state index is 11.8. The van der Waals surface area contributed by atoms with Crippen LogP contribution < -0.4 is 0 Å². The third-order valence-electron chi connectivity index (χ3n) is 3.13. The van der Waals surface area contributed by atoms with E-state index in [0.29, 0.717) is 0 Å². The number of carboxylic acid groups (broad SMARTS) is 2. The molecule has 2 N–H and O–H groups in total. The van der Waals surface area contributed by atoms with Crippen molar-refractivity contribution in [2.45, 2.75) is 47.2 Å². The second-order valence-corrected chi connectivity index (χ2v) is 20.8. The topological polar surface area (TPSA) is 74.6 Å². The lowest BCUT2D eigenvalue weighted by Gasteiger charge is -2.50. The highest BCUT2D eigenvalue weighted by Crippen LogP contribution is 2.50. The van der Waals surface area contributed by atoms with Crippen LogP contribution >= 0.6 is 31.9 Å². The van der Waals surface area contributed by atoms with Crippen LogP contribution in [0.4, 0.5) is 0 Å². The van der Waals surface area contributed by atoms with Crippen molar-refractivity contribution in [1.29, 1.82) is 0 Å². The minimum atomic E-state index is -2.36. The molecule has 4 nitrogen and oxygen atoms in total. The van der Waals surface area contributed by atoms with Gasteiger partial charge in [0.15, 0.2) is 0 Å².